The largest absolute Gasteiger partial charge is 0.490 e. The van der Waals surface area contributed by atoms with Crippen LogP contribution in [0.1, 0.15) is 19.8 Å². The van der Waals surface area contributed by atoms with Crippen LogP contribution in [0.2, 0.25) is 0 Å². The van der Waals surface area contributed by atoms with Crippen LogP contribution < -0.4 is 4.74 Å². The molecule has 1 rings (SSSR count). The van der Waals surface area contributed by atoms with E-state index < -0.39 is 18.0 Å². The molecule has 1 atom stereocenters. The van der Waals surface area contributed by atoms with Gasteiger partial charge in [-0.25, -0.2) is 0 Å². The lowest BCUT2D eigenvalue weighted by Crippen LogP contribution is -2.30. The third kappa shape index (κ3) is 7.94. The number of para-hydroxylation sites is 1. The lowest BCUT2D eigenvalue weighted by molar-refractivity contribution is -0.156. The highest BCUT2D eigenvalue weighted by Crippen LogP contribution is 2.10. The van der Waals surface area contributed by atoms with E-state index in [9.17, 15) is 9.59 Å². The van der Waals surface area contributed by atoms with Crippen molar-refractivity contribution in [3.63, 3.8) is 0 Å². The molecule has 0 fully saturated rings. The molecule has 0 saturated carbocycles. The first-order valence-corrected chi connectivity index (χ1v) is 6.78. The molecular formula is C15H20O6. The van der Waals surface area contributed by atoms with Crippen LogP contribution >= 0.6 is 0 Å². The first kappa shape index (κ1) is 17.0. The van der Waals surface area contributed by atoms with Gasteiger partial charge in [0, 0.05) is 6.61 Å². The van der Waals surface area contributed by atoms with Crippen LogP contribution in [-0.4, -0.2) is 43.0 Å². The number of hydrogen-bond donors (Lipinski definition) is 1. The monoisotopic (exact) mass is 296 g/mol. The van der Waals surface area contributed by atoms with Crippen molar-refractivity contribution in [2.24, 2.45) is 0 Å². The molecule has 1 unspecified atom stereocenters. The van der Waals surface area contributed by atoms with Crippen molar-refractivity contribution in [2.75, 3.05) is 19.8 Å². The van der Waals surface area contributed by atoms with E-state index in [2.05, 4.69) is 0 Å². The summed E-state index contributed by atoms with van der Waals surface area (Å²) < 4.78 is 15.9. The zero-order valence-electron chi connectivity index (χ0n) is 12.0. The van der Waals surface area contributed by atoms with Crippen molar-refractivity contribution in [1.82, 2.24) is 0 Å². The fourth-order valence-electron chi connectivity index (χ4n) is 1.53. The summed E-state index contributed by atoms with van der Waals surface area (Å²) in [4.78, 5) is 22.0. The van der Waals surface area contributed by atoms with E-state index in [1.54, 1.807) is 12.1 Å². The Balaban J connectivity index is 2.43. The molecule has 1 N–H and O–H groups in total. The number of carbonyl (C=O) groups is 2. The molecule has 0 spiro atoms. The summed E-state index contributed by atoms with van der Waals surface area (Å²) in [7, 11) is 0. The van der Waals surface area contributed by atoms with E-state index in [4.69, 9.17) is 19.3 Å². The van der Waals surface area contributed by atoms with Crippen LogP contribution in [0, 0.1) is 0 Å². The van der Waals surface area contributed by atoms with Crippen LogP contribution in [0.4, 0.5) is 0 Å². The molecule has 0 aliphatic heterocycles. The topological polar surface area (TPSA) is 82.1 Å². The molecule has 0 aliphatic rings. The number of aliphatic carboxylic acids is 1. The summed E-state index contributed by atoms with van der Waals surface area (Å²) in [6.45, 7) is 2.70. The minimum absolute atomic E-state index is 0.156. The minimum Gasteiger partial charge on any atom is -0.490 e. The summed E-state index contributed by atoms with van der Waals surface area (Å²) in [5.74, 6) is -0.937. The number of esters is 1. The lowest BCUT2D eigenvalue weighted by atomic mass is 10.3. The highest BCUT2D eigenvalue weighted by atomic mass is 16.6. The average molecular weight is 296 g/mol. The molecule has 0 aromatic heterocycles. The molecule has 1 aromatic rings. The van der Waals surface area contributed by atoms with Crippen LogP contribution in [0.5, 0.6) is 5.75 Å². The van der Waals surface area contributed by atoms with E-state index in [1.165, 1.54) is 0 Å². The first-order chi connectivity index (χ1) is 10.1. The summed E-state index contributed by atoms with van der Waals surface area (Å²) in [5.41, 5.74) is 0. The maximum atomic E-state index is 11.5. The van der Waals surface area contributed by atoms with Gasteiger partial charge >= 0.3 is 11.9 Å². The molecule has 1 aromatic carbocycles. The molecule has 21 heavy (non-hydrogen) atoms. The highest BCUT2D eigenvalue weighted by Gasteiger charge is 2.16. The summed E-state index contributed by atoms with van der Waals surface area (Å²) >= 11 is 0. The number of carbonyl (C=O) groups excluding carboxylic acids is 1. The van der Waals surface area contributed by atoms with Gasteiger partial charge in [0.25, 0.3) is 0 Å². The van der Waals surface area contributed by atoms with Crippen molar-refractivity contribution in [3.8, 4) is 5.75 Å². The Bertz CT molecular complexity index is 431. The number of benzene rings is 1. The third-order valence-electron chi connectivity index (χ3n) is 2.53. The first-order valence-electron chi connectivity index (χ1n) is 6.78. The van der Waals surface area contributed by atoms with Crippen molar-refractivity contribution >= 4 is 11.9 Å². The van der Waals surface area contributed by atoms with Crippen molar-refractivity contribution < 1.29 is 28.9 Å². The summed E-state index contributed by atoms with van der Waals surface area (Å²) in [6, 6.07) is 9.14. The quantitative estimate of drug-likeness (QED) is 0.664. The van der Waals surface area contributed by atoms with E-state index in [0.717, 1.165) is 0 Å². The van der Waals surface area contributed by atoms with Gasteiger partial charge in [-0.15, -0.1) is 0 Å². The van der Waals surface area contributed by atoms with Crippen molar-refractivity contribution in [3.05, 3.63) is 30.3 Å². The van der Waals surface area contributed by atoms with Gasteiger partial charge < -0.3 is 19.3 Å². The Morgan fingerprint density at radius 3 is 2.48 bits per heavy atom. The molecule has 6 heteroatoms. The SMILES string of the molecule is CCOCC(COc1ccccc1)OC(=O)CCC(=O)O. The van der Waals surface area contributed by atoms with Crippen LogP contribution in [0.15, 0.2) is 30.3 Å². The standard InChI is InChI=1S/C15H20O6/c1-2-19-10-13(21-15(18)9-8-14(16)17)11-20-12-6-4-3-5-7-12/h3-7,13H,2,8-11H2,1H3,(H,16,17). The Morgan fingerprint density at radius 2 is 1.86 bits per heavy atom. The van der Waals surface area contributed by atoms with Gasteiger partial charge in [-0.05, 0) is 19.1 Å². The molecule has 6 nitrogen and oxygen atoms in total. The predicted octanol–water partition coefficient (Wildman–Crippen LogP) is 1.88. The van der Waals surface area contributed by atoms with Crippen LogP contribution in [-0.2, 0) is 19.1 Å². The van der Waals surface area contributed by atoms with Crippen LogP contribution in [0.3, 0.4) is 0 Å². The second-order valence-electron chi connectivity index (χ2n) is 4.29. The summed E-state index contributed by atoms with van der Waals surface area (Å²) in [5, 5.41) is 8.53. The lowest BCUT2D eigenvalue weighted by Gasteiger charge is -2.18. The Hall–Kier alpha value is -2.08. The zero-order valence-corrected chi connectivity index (χ0v) is 12.0. The second kappa shape index (κ2) is 9.77. The number of hydrogen-bond acceptors (Lipinski definition) is 5. The number of ether oxygens (including phenoxy) is 3. The number of carboxylic acid groups (broad SMARTS) is 1. The van der Waals surface area contributed by atoms with Gasteiger partial charge in [-0.3, -0.25) is 9.59 Å². The molecule has 0 aliphatic carbocycles. The molecule has 0 saturated heterocycles. The number of carboxylic acids is 1. The normalized spacial score (nSPS) is 11.7. The Kier molecular flexibility index (Phi) is 7.89. The van der Waals surface area contributed by atoms with Gasteiger partial charge in [0.15, 0.2) is 6.10 Å². The van der Waals surface area contributed by atoms with Crippen molar-refractivity contribution in [1.29, 1.82) is 0 Å². The van der Waals surface area contributed by atoms with Gasteiger partial charge in [0.1, 0.15) is 12.4 Å². The molecule has 0 radical (unpaired) electrons. The van der Waals surface area contributed by atoms with Gasteiger partial charge in [-0.1, -0.05) is 18.2 Å². The predicted molar refractivity (Wildman–Crippen MR) is 75.2 cm³/mol. The van der Waals surface area contributed by atoms with Crippen molar-refractivity contribution in [2.45, 2.75) is 25.9 Å². The van der Waals surface area contributed by atoms with E-state index in [1.807, 2.05) is 25.1 Å². The molecule has 0 bridgehead atoms. The minimum atomic E-state index is -1.03. The third-order valence-corrected chi connectivity index (χ3v) is 2.53. The molecule has 116 valence electrons. The maximum absolute atomic E-state index is 11.5. The average Bonchev–Trinajstić information content (AvgIpc) is 2.49. The van der Waals surface area contributed by atoms with Gasteiger partial charge in [0.05, 0.1) is 19.4 Å². The van der Waals surface area contributed by atoms with E-state index in [-0.39, 0.29) is 26.1 Å². The fourth-order valence-corrected chi connectivity index (χ4v) is 1.53. The van der Waals surface area contributed by atoms with Crippen LogP contribution in [0.25, 0.3) is 0 Å². The zero-order chi connectivity index (χ0) is 15.5. The maximum Gasteiger partial charge on any atom is 0.306 e. The highest BCUT2D eigenvalue weighted by molar-refractivity contribution is 5.76. The Morgan fingerprint density at radius 1 is 1.14 bits per heavy atom. The van der Waals surface area contributed by atoms with Gasteiger partial charge in [0.2, 0.25) is 0 Å². The second-order valence-corrected chi connectivity index (χ2v) is 4.29. The molecule has 0 heterocycles. The molecule has 0 amide bonds. The number of rotatable bonds is 10. The molecular weight excluding hydrogens is 276 g/mol. The fraction of sp³-hybridized carbons (Fsp3) is 0.467. The smallest absolute Gasteiger partial charge is 0.306 e. The Labute approximate surface area is 123 Å². The van der Waals surface area contributed by atoms with E-state index >= 15 is 0 Å². The summed E-state index contributed by atoms with van der Waals surface area (Å²) in [6.07, 6.45) is -0.977. The van der Waals surface area contributed by atoms with E-state index in [0.29, 0.717) is 12.4 Å². The van der Waals surface area contributed by atoms with Gasteiger partial charge in [-0.2, -0.15) is 0 Å².